The zero-order valence-corrected chi connectivity index (χ0v) is 11.0. The Morgan fingerprint density at radius 2 is 2.50 bits per heavy atom. The smallest absolute Gasteiger partial charge is 0.0587 e. The van der Waals surface area contributed by atoms with Gasteiger partial charge in [0.1, 0.15) is 0 Å². The van der Waals surface area contributed by atoms with Gasteiger partial charge in [-0.15, -0.1) is 11.3 Å². The second kappa shape index (κ2) is 5.30. The molecule has 1 aromatic rings. The number of hydrogen-bond acceptors (Lipinski definition) is 3. The van der Waals surface area contributed by atoms with E-state index < -0.39 is 0 Å². The minimum atomic E-state index is 0.441. The Hall–Kier alpha value is -0.380. The Bertz CT molecular complexity index is 312. The van der Waals surface area contributed by atoms with Gasteiger partial charge in [-0.05, 0) is 23.8 Å². The average molecular weight is 239 g/mol. The molecular weight excluding hydrogens is 218 g/mol. The fraction of sp³-hybridized carbons (Fsp3) is 0.692. The van der Waals surface area contributed by atoms with Gasteiger partial charge >= 0.3 is 0 Å². The monoisotopic (exact) mass is 239 g/mol. The number of rotatable bonds is 7. The van der Waals surface area contributed by atoms with Crippen molar-refractivity contribution in [1.29, 1.82) is 0 Å². The molecule has 90 valence electrons. The first-order chi connectivity index (χ1) is 7.83. The molecule has 0 amide bonds. The van der Waals surface area contributed by atoms with Crippen molar-refractivity contribution in [3.63, 3.8) is 0 Å². The molecule has 2 nitrogen and oxygen atoms in total. The summed E-state index contributed by atoms with van der Waals surface area (Å²) in [6.45, 7) is 5.17. The second-order valence-corrected chi connectivity index (χ2v) is 5.56. The molecule has 1 aliphatic carbocycles. The van der Waals surface area contributed by atoms with Gasteiger partial charge in [0.2, 0.25) is 0 Å². The highest BCUT2D eigenvalue weighted by atomic mass is 32.1. The fourth-order valence-electron chi connectivity index (χ4n) is 2.57. The first-order valence-electron chi connectivity index (χ1n) is 6.07. The molecule has 3 heteroatoms. The van der Waals surface area contributed by atoms with Crippen LogP contribution < -0.4 is 5.32 Å². The third-order valence-corrected chi connectivity index (χ3v) is 4.75. The van der Waals surface area contributed by atoms with E-state index in [-0.39, 0.29) is 0 Å². The summed E-state index contributed by atoms with van der Waals surface area (Å²) >= 11 is 1.90. The highest BCUT2D eigenvalue weighted by Gasteiger charge is 2.54. The van der Waals surface area contributed by atoms with Gasteiger partial charge in [-0.25, -0.2) is 0 Å². The lowest BCUT2D eigenvalue weighted by Crippen LogP contribution is -2.30. The minimum Gasteiger partial charge on any atom is -0.383 e. The van der Waals surface area contributed by atoms with Crippen molar-refractivity contribution in [3.05, 3.63) is 22.4 Å². The quantitative estimate of drug-likeness (QED) is 0.739. The van der Waals surface area contributed by atoms with Crippen LogP contribution in [0.3, 0.4) is 0 Å². The van der Waals surface area contributed by atoms with E-state index in [9.17, 15) is 0 Å². The first-order valence-corrected chi connectivity index (χ1v) is 6.95. The molecule has 0 saturated heterocycles. The molecule has 2 unspecified atom stereocenters. The van der Waals surface area contributed by atoms with Crippen LogP contribution in [0.2, 0.25) is 0 Å². The van der Waals surface area contributed by atoms with E-state index in [1.807, 2.05) is 11.3 Å². The lowest BCUT2D eigenvalue weighted by molar-refractivity contribution is 0.198. The van der Waals surface area contributed by atoms with E-state index >= 15 is 0 Å². The molecule has 0 spiro atoms. The number of nitrogens with one attached hydrogen (secondary N) is 1. The molecule has 1 aromatic heterocycles. The Labute approximate surface area is 102 Å². The van der Waals surface area contributed by atoms with Crippen LogP contribution in [-0.4, -0.2) is 26.8 Å². The van der Waals surface area contributed by atoms with Gasteiger partial charge in [0.05, 0.1) is 6.61 Å². The van der Waals surface area contributed by atoms with Crippen molar-refractivity contribution in [2.24, 2.45) is 5.92 Å². The molecule has 0 aromatic carbocycles. The normalized spacial score (nSPS) is 28.2. The number of hydrogen-bond donors (Lipinski definition) is 1. The summed E-state index contributed by atoms with van der Waals surface area (Å²) in [4.78, 5) is 1.56. The van der Waals surface area contributed by atoms with E-state index in [4.69, 9.17) is 4.74 Å². The SMILES string of the molecule is CCC1CC1(CNCCOC)c1cccs1. The van der Waals surface area contributed by atoms with Crippen LogP contribution in [0.25, 0.3) is 0 Å². The van der Waals surface area contributed by atoms with Crippen molar-refractivity contribution in [2.45, 2.75) is 25.2 Å². The van der Waals surface area contributed by atoms with Gasteiger partial charge in [0, 0.05) is 30.5 Å². The predicted octanol–water partition coefficient (Wildman–Crippen LogP) is 2.65. The highest BCUT2D eigenvalue weighted by Crippen LogP contribution is 2.56. The third-order valence-electron chi connectivity index (χ3n) is 3.66. The van der Waals surface area contributed by atoms with Gasteiger partial charge in [0.15, 0.2) is 0 Å². The summed E-state index contributed by atoms with van der Waals surface area (Å²) in [7, 11) is 1.75. The van der Waals surface area contributed by atoms with E-state index in [1.54, 1.807) is 12.0 Å². The van der Waals surface area contributed by atoms with Crippen LogP contribution >= 0.6 is 11.3 Å². The topological polar surface area (TPSA) is 21.3 Å². The van der Waals surface area contributed by atoms with Gasteiger partial charge in [0.25, 0.3) is 0 Å². The summed E-state index contributed by atoms with van der Waals surface area (Å²) in [5.74, 6) is 0.876. The maximum Gasteiger partial charge on any atom is 0.0587 e. The van der Waals surface area contributed by atoms with Crippen LogP contribution in [0.15, 0.2) is 17.5 Å². The number of thiophene rings is 1. The van der Waals surface area contributed by atoms with Gasteiger partial charge in [-0.2, -0.15) is 0 Å². The highest BCUT2D eigenvalue weighted by molar-refractivity contribution is 7.10. The molecule has 1 fully saturated rings. The standard InChI is InChI=1S/C13H21NOS/c1-3-11-9-13(11,10-14-6-7-15-2)12-5-4-8-16-12/h4-5,8,11,14H,3,6-7,9-10H2,1-2H3. The van der Waals surface area contributed by atoms with E-state index in [0.717, 1.165) is 25.6 Å². The van der Waals surface area contributed by atoms with Gasteiger partial charge in [-0.3, -0.25) is 0 Å². The zero-order chi connectivity index (χ0) is 11.4. The molecule has 0 aliphatic heterocycles. The van der Waals surface area contributed by atoms with Crippen molar-refractivity contribution < 1.29 is 4.74 Å². The Kier molecular flexibility index (Phi) is 4.00. The van der Waals surface area contributed by atoms with Crippen LogP contribution in [0.4, 0.5) is 0 Å². The van der Waals surface area contributed by atoms with Crippen molar-refractivity contribution >= 4 is 11.3 Å². The molecule has 1 heterocycles. The molecule has 0 bridgehead atoms. The van der Waals surface area contributed by atoms with Gasteiger partial charge in [-0.1, -0.05) is 19.4 Å². The maximum absolute atomic E-state index is 5.06. The van der Waals surface area contributed by atoms with Crippen molar-refractivity contribution in [2.75, 3.05) is 26.8 Å². The first kappa shape index (κ1) is 12.1. The molecular formula is C13H21NOS. The van der Waals surface area contributed by atoms with E-state index in [2.05, 4.69) is 29.8 Å². The summed E-state index contributed by atoms with van der Waals surface area (Å²) in [6.07, 6.45) is 2.65. The third kappa shape index (κ3) is 2.31. The summed E-state index contributed by atoms with van der Waals surface area (Å²) in [5, 5.41) is 5.72. The Morgan fingerprint density at radius 1 is 1.62 bits per heavy atom. The molecule has 1 aliphatic rings. The fourth-order valence-corrected chi connectivity index (χ4v) is 3.59. The second-order valence-electron chi connectivity index (χ2n) is 4.61. The molecule has 16 heavy (non-hydrogen) atoms. The lowest BCUT2D eigenvalue weighted by atomic mass is 10.00. The van der Waals surface area contributed by atoms with Crippen LogP contribution in [0.1, 0.15) is 24.6 Å². The van der Waals surface area contributed by atoms with E-state index in [0.29, 0.717) is 5.41 Å². The van der Waals surface area contributed by atoms with E-state index in [1.165, 1.54) is 12.8 Å². The largest absolute Gasteiger partial charge is 0.383 e. The molecule has 1 saturated carbocycles. The van der Waals surface area contributed by atoms with Crippen LogP contribution in [-0.2, 0) is 10.2 Å². The molecule has 2 rings (SSSR count). The van der Waals surface area contributed by atoms with Crippen molar-refractivity contribution in [1.82, 2.24) is 5.32 Å². The molecule has 0 radical (unpaired) electrons. The summed E-state index contributed by atoms with van der Waals surface area (Å²) in [5.41, 5.74) is 0.441. The van der Waals surface area contributed by atoms with Crippen LogP contribution in [0, 0.1) is 5.92 Å². The Morgan fingerprint density at radius 3 is 3.06 bits per heavy atom. The Balaban J connectivity index is 1.91. The van der Waals surface area contributed by atoms with Crippen molar-refractivity contribution in [3.8, 4) is 0 Å². The predicted molar refractivity (Wildman–Crippen MR) is 69.1 cm³/mol. The zero-order valence-electron chi connectivity index (χ0n) is 10.2. The van der Waals surface area contributed by atoms with Gasteiger partial charge < -0.3 is 10.1 Å². The summed E-state index contributed by atoms with van der Waals surface area (Å²) in [6, 6.07) is 4.46. The lowest BCUT2D eigenvalue weighted by Gasteiger charge is -2.16. The number of ether oxygens (including phenoxy) is 1. The average Bonchev–Trinajstić information content (AvgIpc) is 2.76. The molecule has 2 atom stereocenters. The molecule has 1 N–H and O–H groups in total. The number of methoxy groups -OCH3 is 1. The maximum atomic E-state index is 5.06. The minimum absolute atomic E-state index is 0.441. The van der Waals surface area contributed by atoms with Crippen LogP contribution in [0.5, 0.6) is 0 Å². The summed E-state index contributed by atoms with van der Waals surface area (Å²) < 4.78 is 5.06.